The lowest BCUT2D eigenvalue weighted by atomic mass is 9.89. The average molecular weight is 249 g/mol. The molecule has 1 aromatic carbocycles. The van der Waals surface area contributed by atoms with Crippen molar-refractivity contribution in [2.75, 3.05) is 0 Å². The summed E-state index contributed by atoms with van der Waals surface area (Å²) < 4.78 is 4.45. The van der Waals surface area contributed by atoms with E-state index in [2.05, 4.69) is 10.1 Å². The van der Waals surface area contributed by atoms with Gasteiger partial charge < -0.3 is 15.2 Å². The van der Waals surface area contributed by atoms with Crippen LogP contribution < -0.4 is 5.32 Å². The first-order chi connectivity index (χ1) is 8.52. The normalized spacial score (nSPS) is 22.7. The first kappa shape index (κ1) is 12.1. The summed E-state index contributed by atoms with van der Waals surface area (Å²) in [4.78, 5) is 33.6. The third kappa shape index (κ3) is 2.32. The summed E-state index contributed by atoms with van der Waals surface area (Å²) in [7, 11) is 0. The molecule has 0 unspecified atom stereocenters. The Hall–Kier alpha value is -2.37. The van der Waals surface area contributed by atoms with Gasteiger partial charge in [0.1, 0.15) is 0 Å². The van der Waals surface area contributed by atoms with Crippen LogP contribution in [0.5, 0.6) is 0 Å². The fourth-order valence-electron chi connectivity index (χ4n) is 1.98. The van der Waals surface area contributed by atoms with Crippen molar-refractivity contribution in [3.05, 3.63) is 35.9 Å². The van der Waals surface area contributed by atoms with E-state index in [0.29, 0.717) is 0 Å². The van der Waals surface area contributed by atoms with Gasteiger partial charge in [-0.1, -0.05) is 30.3 Å². The molecule has 1 saturated heterocycles. The molecule has 0 aliphatic carbocycles. The number of ether oxygens (including phenoxy) is 1. The number of hydrogen-bond donors (Lipinski definition) is 2. The zero-order valence-electron chi connectivity index (χ0n) is 9.38. The molecule has 1 atom stereocenters. The van der Waals surface area contributed by atoms with Gasteiger partial charge in [-0.2, -0.15) is 0 Å². The SMILES string of the molecule is O=C(O)N[C@]1(Cc2ccccc2)CC(=O)OC1=O. The molecule has 0 saturated carbocycles. The van der Waals surface area contributed by atoms with Crippen molar-refractivity contribution in [1.29, 1.82) is 0 Å². The Kier molecular flexibility index (Phi) is 3.01. The van der Waals surface area contributed by atoms with E-state index < -0.39 is 23.6 Å². The zero-order valence-corrected chi connectivity index (χ0v) is 9.38. The molecule has 0 bridgehead atoms. The summed E-state index contributed by atoms with van der Waals surface area (Å²) in [6.07, 6.45) is -1.56. The Balaban J connectivity index is 2.29. The number of cyclic esters (lactones) is 2. The minimum absolute atomic E-state index is 0.0880. The predicted octanol–water partition coefficient (Wildman–Crippen LogP) is 0.709. The van der Waals surface area contributed by atoms with Crippen LogP contribution in [0.4, 0.5) is 4.79 Å². The first-order valence-electron chi connectivity index (χ1n) is 5.32. The molecule has 1 fully saturated rings. The van der Waals surface area contributed by atoms with Gasteiger partial charge in [-0.05, 0) is 5.56 Å². The van der Waals surface area contributed by atoms with E-state index in [4.69, 9.17) is 5.11 Å². The van der Waals surface area contributed by atoms with Crippen LogP contribution in [-0.2, 0) is 20.7 Å². The van der Waals surface area contributed by atoms with Crippen molar-refractivity contribution in [2.45, 2.75) is 18.4 Å². The number of rotatable bonds is 3. The molecule has 0 radical (unpaired) electrons. The van der Waals surface area contributed by atoms with Gasteiger partial charge in [0.25, 0.3) is 0 Å². The topological polar surface area (TPSA) is 92.7 Å². The van der Waals surface area contributed by atoms with Gasteiger partial charge in [-0.25, -0.2) is 9.59 Å². The van der Waals surface area contributed by atoms with Gasteiger partial charge in [0.15, 0.2) is 5.54 Å². The summed E-state index contributed by atoms with van der Waals surface area (Å²) in [6, 6.07) is 8.85. The smallest absolute Gasteiger partial charge is 0.405 e. The highest BCUT2D eigenvalue weighted by molar-refractivity contribution is 6.02. The maximum atomic E-state index is 11.7. The van der Waals surface area contributed by atoms with Crippen molar-refractivity contribution in [2.24, 2.45) is 0 Å². The maximum absolute atomic E-state index is 11.7. The van der Waals surface area contributed by atoms with Gasteiger partial charge >= 0.3 is 18.0 Å². The number of carboxylic acid groups (broad SMARTS) is 1. The quantitative estimate of drug-likeness (QED) is 0.608. The molecule has 6 heteroatoms. The molecule has 0 aromatic heterocycles. The van der Waals surface area contributed by atoms with Crippen LogP contribution >= 0.6 is 0 Å². The minimum Gasteiger partial charge on any atom is -0.465 e. The van der Waals surface area contributed by atoms with Crippen LogP contribution in [-0.4, -0.2) is 28.7 Å². The van der Waals surface area contributed by atoms with E-state index in [1.807, 2.05) is 0 Å². The highest BCUT2D eigenvalue weighted by Crippen LogP contribution is 2.26. The van der Waals surface area contributed by atoms with Crippen molar-refractivity contribution >= 4 is 18.0 Å². The Morgan fingerprint density at radius 1 is 1.33 bits per heavy atom. The zero-order chi connectivity index (χ0) is 13.2. The van der Waals surface area contributed by atoms with E-state index >= 15 is 0 Å². The highest BCUT2D eigenvalue weighted by atomic mass is 16.6. The van der Waals surface area contributed by atoms with Crippen molar-refractivity contribution in [3.63, 3.8) is 0 Å². The van der Waals surface area contributed by atoms with Crippen molar-refractivity contribution in [1.82, 2.24) is 5.32 Å². The highest BCUT2D eigenvalue weighted by Gasteiger charge is 2.50. The molecule has 18 heavy (non-hydrogen) atoms. The van der Waals surface area contributed by atoms with Crippen molar-refractivity contribution in [3.8, 4) is 0 Å². The summed E-state index contributed by atoms with van der Waals surface area (Å²) in [5, 5.41) is 10.9. The summed E-state index contributed by atoms with van der Waals surface area (Å²) in [5.41, 5.74) is -0.762. The Bertz CT molecular complexity index is 498. The van der Waals surface area contributed by atoms with Crippen LogP contribution in [0.2, 0.25) is 0 Å². The number of amides is 1. The Morgan fingerprint density at radius 3 is 2.50 bits per heavy atom. The summed E-state index contributed by atoms with van der Waals surface area (Å²) >= 11 is 0. The van der Waals surface area contributed by atoms with Gasteiger partial charge in [0.2, 0.25) is 0 Å². The maximum Gasteiger partial charge on any atom is 0.405 e. The van der Waals surface area contributed by atoms with E-state index in [9.17, 15) is 14.4 Å². The van der Waals surface area contributed by atoms with Crippen LogP contribution in [0.3, 0.4) is 0 Å². The lowest BCUT2D eigenvalue weighted by Crippen LogP contribution is -2.53. The largest absolute Gasteiger partial charge is 0.465 e. The molecule has 1 amide bonds. The number of hydrogen-bond acceptors (Lipinski definition) is 4. The molecule has 2 rings (SSSR count). The number of carbonyl (C=O) groups excluding carboxylic acids is 2. The number of esters is 2. The second-order valence-electron chi connectivity index (χ2n) is 4.11. The second-order valence-corrected chi connectivity index (χ2v) is 4.11. The Labute approximate surface area is 103 Å². The third-order valence-corrected chi connectivity index (χ3v) is 2.74. The van der Waals surface area contributed by atoms with Crippen LogP contribution in [0.15, 0.2) is 30.3 Å². The molecule has 2 N–H and O–H groups in total. The van der Waals surface area contributed by atoms with Crippen LogP contribution in [0.1, 0.15) is 12.0 Å². The monoisotopic (exact) mass is 249 g/mol. The number of nitrogens with one attached hydrogen (secondary N) is 1. The van der Waals surface area contributed by atoms with Gasteiger partial charge in [0, 0.05) is 6.42 Å². The summed E-state index contributed by atoms with van der Waals surface area (Å²) in [5.74, 6) is -1.57. The van der Waals surface area contributed by atoms with Gasteiger partial charge in [0.05, 0.1) is 6.42 Å². The average Bonchev–Trinajstić information content (AvgIpc) is 2.53. The molecular formula is C12H11NO5. The van der Waals surface area contributed by atoms with Crippen molar-refractivity contribution < 1.29 is 24.2 Å². The summed E-state index contributed by atoms with van der Waals surface area (Å²) in [6.45, 7) is 0. The lowest BCUT2D eigenvalue weighted by molar-refractivity contribution is -0.153. The Morgan fingerprint density at radius 2 is 2.00 bits per heavy atom. The molecule has 1 aliphatic heterocycles. The van der Waals surface area contributed by atoms with E-state index in [1.165, 1.54) is 0 Å². The number of benzene rings is 1. The second kappa shape index (κ2) is 4.48. The molecule has 1 aliphatic rings. The number of carbonyl (C=O) groups is 3. The fourth-order valence-corrected chi connectivity index (χ4v) is 1.98. The minimum atomic E-state index is -1.51. The molecular weight excluding hydrogens is 238 g/mol. The lowest BCUT2D eigenvalue weighted by Gasteiger charge is -2.23. The van der Waals surface area contributed by atoms with E-state index in [1.54, 1.807) is 30.3 Å². The van der Waals surface area contributed by atoms with E-state index in [-0.39, 0.29) is 12.8 Å². The fraction of sp³-hybridized carbons (Fsp3) is 0.250. The predicted molar refractivity (Wildman–Crippen MR) is 59.8 cm³/mol. The van der Waals surface area contributed by atoms with Gasteiger partial charge in [-0.15, -0.1) is 0 Å². The molecule has 94 valence electrons. The third-order valence-electron chi connectivity index (χ3n) is 2.74. The standard InChI is InChI=1S/C12H11NO5/c14-9-7-12(10(15)18-9,13-11(16)17)6-8-4-2-1-3-5-8/h1-5,13H,6-7H2,(H,16,17)/t12-/m1/s1. The first-order valence-corrected chi connectivity index (χ1v) is 5.32. The van der Waals surface area contributed by atoms with Crippen LogP contribution in [0, 0.1) is 0 Å². The molecule has 1 aromatic rings. The van der Waals surface area contributed by atoms with E-state index in [0.717, 1.165) is 5.56 Å². The molecule has 0 spiro atoms. The van der Waals surface area contributed by atoms with Crippen LogP contribution in [0.25, 0.3) is 0 Å². The molecule has 6 nitrogen and oxygen atoms in total. The molecule has 1 heterocycles. The van der Waals surface area contributed by atoms with Gasteiger partial charge in [-0.3, -0.25) is 4.79 Å².